The summed E-state index contributed by atoms with van der Waals surface area (Å²) >= 11 is 5.90. The van der Waals surface area contributed by atoms with Crippen LogP contribution < -0.4 is 5.73 Å². The van der Waals surface area contributed by atoms with Gasteiger partial charge < -0.3 is 10.5 Å². The summed E-state index contributed by atoms with van der Waals surface area (Å²) in [6.07, 6.45) is 0. The summed E-state index contributed by atoms with van der Waals surface area (Å²) in [6, 6.07) is 4.51. The molecule has 0 aliphatic rings. The van der Waals surface area contributed by atoms with Crippen molar-refractivity contribution < 1.29 is 9.13 Å². The minimum absolute atomic E-state index is 0.171. The van der Waals surface area contributed by atoms with E-state index < -0.39 is 11.4 Å². The number of ether oxygens (including phenoxy) is 1. The molecule has 1 rings (SSSR count). The summed E-state index contributed by atoms with van der Waals surface area (Å²) in [5.74, 6) is -0.396. The molecule has 0 bridgehead atoms. The Hall–Kier alpha value is -0.640. The third kappa shape index (κ3) is 1.90. The Kier molecular flexibility index (Phi) is 3.48. The lowest BCUT2D eigenvalue weighted by molar-refractivity contribution is 0.00727. The first-order valence-electron chi connectivity index (χ1n) is 4.25. The van der Waals surface area contributed by atoms with Crippen molar-refractivity contribution in [1.29, 1.82) is 0 Å². The minimum atomic E-state index is -0.873. The first kappa shape index (κ1) is 11.4. The van der Waals surface area contributed by atoms with Gasteiger partial charge in [-0.15, -0.1) is 0 Å². The predicted molar refractivity (Wildman–Crippen MR) is 54.8 cm³/mol. The van der Waals surface area contributed by atoms with Gasteiger partial charge in [-0.3, -0.25) is 0 Å². The lowest BCUT2D eigenvalue weighted by Crippen LogP contribution is -2.35. The molecule has 0 spiro atoms. The molecule has 1 aromatic rings. The average Bonchev–Trinajstić information content (AvgIpc) is 2.17. The van der Waals surface area contributed by atoms with Crippen LogP contribution in [0.3, 0.4) is 0 Å². The molecule has 0 amide bonds. The maximum absolute atomic E-state index is 13.5. The molecule has 1 atom stereocenters. The van der Waals surface area contributed by atoms with Gasteiger partial charge in [0, 0.05) is 24.2 Å². The summed E-state index contributed by atoms with van der Waals surface area (Å²) in [5.41, 5.74) is 4.98. The zero-order valence-corrected chi connectivity index (χ0v) is 8.94. The van der Waals surface area contributed by atoms with Crippen molar-refractivity contribution in [3.63, 3.8) is 0 Å². The van der Waals surface area contributed by atoms with Crippen LogP contribution in [0.4, 0.5) is 4.39 Å². The van der Waals surface area contributed by atoms with E-state index in [2.05, 4.69) is 0 Å². The standard InChI is InChI=1S/C10H13ClFNO/c1-10(6-13,14-2)9-7(11)4-3-5-8(9)12/h3-5H,6,13H2,1-2H3. The molecule has 0 aliphatic carbocycles. The largest absolute Gasteiger partial charge is 0.372 e. The molecule has 0 aromatic heterocycles. The Balaban J connectivity index is 3.29. The van der Waals surface area contributed by atoms with Crippen LogP contribution in [-0.4, -0.2) is 13.7 Å². The molecule has 14 heavy (non-hydrogen) atoms. The van der Waals surface area contributed by atoms with E-state index in [9.17, 15) is 4.39 Å². The fourth-order valence-corrected chi connectivity index (χ4v) is 1.65. The highest BCUT2D eigenvalue weighted by molar-refractivity contribution is 6.31. The smallest absolute Gasteiger partial charge is 0.130 e. The molecular formula is C10H13ClFNO. The van der Waals surface area contributed by atoms with Crippen LogP contribution in [0.25, 0.3) is 0 Å². The summed E-state index contributed by atoms with van der Waals surface area (Å²) in [5, 5.41) is 0.333. The quantitative estimate of drug-likeness (QED) is 0.843. The van der Waals surface area contributed by atoms with Crippen LogP contribution >= 0.6 is 11.6 Å². The Morgan fingerprint density at radius 2 is 2.21 bits per heavy atom. The van der Waals surface area contributed by atoms with Gasteiger partial charge in [0.05, 0.1) is 0 Å². The number of methoxy groups -OCH3 is 1. The summed E-state index contributed by atoms with van der Waals surface area (Å²) in [4.78, 5) is 0. The second-order valence-electron chi connectivity index (χ2n) is 3.24. The van der Waals surface area contributed by atoms with E-state index >= 15 is 0 Å². The van der Waals surface area contributed by atoms with Gasteiger partial charge in [-0.2, -0.15) is 0 Å². The van der Waals surface area contributed by atoms with E-state index in [0.29, 0.717) is 10.6 Å². The van der Waals surface area contributed by atoms with Crippen LogP contribution in [0.15, 0.2) is 18.2 Å². The van der Waals surface area contributed by atoms with Crippen molar-refractivity contribution in [3.8, 4) is 0 Å². The molecule has 0 radical (unpaired) electrons. The molecule has 4 heteroatoms. The molecular weight excluding hydrogens is 205 g/mol. The predicted octanol–water partition coefficient (Wildman–Crippen LogP) is 2.30. The topological polar surface area (TPSA) is 35.2 Å². The first-order valence-corrected chi connectivity index (χ1v) is 4.62. The van der Waals surface area contributed by atoms with Crippen LogP contribution in [-0.2, 0) is 10.3 Å². The third-order valence-electron chi connectivity index (χ3n) is 2.33. The van der Waals surface area contributed by atoms with E-state index in [0.717, 1.165) is 0 Å². The summed E-state index contributed by atoms with van der Waals surface area (Å²) < 4.78 is 18.7. The van der Waals surface area contributed by atoms with Crippen molar-refractivity contribution in [3.05, 3.63) is 34.6 Å². The molecule has 1 unspecified atom stereocenters. The Morgan fingerprint density at radius 3 is 2.64 bits per heavy atom. The molecule has 0 aliphatic heterocycles. The number of hydrogen-bond donors (Lipinski definition) is 1. The number of nitrogens with two attached hydrogens (primary N) is 1. The Morgan fingerprint density at radius 1 is 1.57 bits per heavy atom. The average molecular weight is 218 g/mol. The van der Waals surface area contributed by atoms with Crippen LogP contribution in [0.1, 0.15) is 12.5 Å². The molecule has 78 valence electrons. The second-order valence-corrected chi connectivity index (χ2v) is 3.64. The van der Waals surface area contributed by atoms with Gasteiger partial charge in [-0.1, -0.05) is 17.7 Å². The molecule has 0 saturated carbocycles. The van der Waals surface area contributed by atoms with Gasteiger partial charge in [0.15, 0.2) is 0 Å². The summed E-state index contributed by atoms with van der Waals surface area (Å²) in [7, 11) is 1.48. The zero-order valence-electron chi connectivity index (χ0n) is 8.18. The van der Waals surface area contributed by atoms with E-state index in [1.165, 1.54) is 13.2 Å². The van der Waals surface area contributed by atoms with Crippen LogP contribution in [0, 0.1) is 5.82 Å². The molecule has 1 aromatic carbocycles. The van der Waals surface area contributed by atoms with Crippen molar-refractivity contribution >= 4 is 11.6 Å². The van der Waals surface area contributed by atoms with E-state index in [1.807, 2.05) is 0 Å². The number of halogens is 2. The lowest BCUT2D eigenvalue weighted by atomic mass is 9.95. The number of rotatable bonds is 3. The normalized spacial score (nSPS) is 15.2. The molecule has 0 saturated heterocycles. The maximum Gasteiger partial charge on any atom is 0.130 e. The first-order chi connectivity index (χ1) is 6.55. The number of hydrogen-bond acceptors (Lipinski definition) is 2. The minimum Gasteiger partial charge on any atom is -0.372 e. The van der Waals surface area contributed by atoms with E-state index in [1.54, 1.807) is 19.1 Å². The highest BCUT2D eigenvalue weighted by Gasteiger charge is 2.30. The van der Waals surface area contributed by atoms with Gasteiger partial charge >= 0.3 is 0 Å². The van der Waals surface area contributed by atoms with Gasteiger partial charge in [0.1, 0.15) is 11.4 Å². The monoisotopic (exact) mass is 217 g/mol. The highest BCUT2D eigenvalue weighted by atomic mass is 35.5. The van der Waals surface area contributed by atoms with Gasteiger partial charge in [-0.05, 0) is 19.1 Å². The SMILES string of the molecule is COC(C)(CN)c1c(F)cccc1Cl. The molecule has 2 N–H and O–H groups in total. The molecule has 2 nitrogen and oxygen atoms in total. The fraction of sp³-hybridized carbons (Fsp3) is 0.400. The Bertz CT molecular complexity index is 306. The van der Waals surface area contributed by atoms with Gasteiger partial charge in [-0.25, -0.2) is 4.39 Å². The van der Waals surface area contributed by atoms with Crippen molar-refractivity contribution in [2.24, 2.45) is 5.73 Å². The zero-order chi connectivity index (χ0) is 10.8. The fourth-order valence-electron chi connectivity index (χ4n) is 1.29. The van der Waals surface area contributed by atoms with E-state index in [-0.39, 0.29) is 6.54 Å². The molecule has 0 fully saturated rings. The second kappa shape index (κ2) is 4.26. The van der Waals surface area contributed by atoms with Crippen LogP contribution in [0.5, 0.6) is 0 Å². The van der Waals surface area contributed by atoms with Crippen molar-refractivity contribution in [2.45, 2.75) is 12.5 Å². The lowest BCUT2D eigenvalue weighted by Gasteiger charge is -2.28. The third-order valence-corrected chi connectivity index (χ3v) is 2.65. The highest BCUT2D eigenvalue weighted by Crippen LogP contribution is 2.32. The van der Waals surface area contributed by atoms with Crippen molar-refractivity contribution in [1.82, 2.24) is 0 Å². The van der Waals surface area contributed by atoms with Crippen molar-refractivity contribution in [2.75, 3.05) is 13.7 Å². The molecule has 0 heterocycles. The number of benzene rings is 1. The van der Waals surface area contributed by atoms with E-state index in [4.69, 9.17) is 22.1 Å². The van der Waals surface area contributed by atoms with Crippen LogP contribution in [0.2, 0.25) is 5.02 Å². The summed E-state index contributed by atoms with van der Waals surface area (Å²) in [6.45, 7) is 1.88. The Labute approximate surface area is 87.8 Å². The van der Waals surface area contributed by atoms with Gasteiger partial charge in [0.25, 0.3) is 0 Å². The van der Waals surface area contributed by atoms with Gasteiger partial charge in [0.2, 0.25) is 0 Å². The maximum atomic E-state index is 13.5.